The molecule has 1 heterocycles. The lowest BCUT2D eigenvalue weighted by Gasteiger charge is -2.44. The maximum Gasteiger partial charge on any atom is 0.0545 e. The van der Waals surface area contributed by atoms with Gasteiger partial charge in [0.2, 0.25) is 0 Å². The third kappa shape index (κ3) is 2.46. The van der Waals surface area contributed by atoms with Crippen LogP contribution in [-0.4, -0.2) is 19.3 Å². The molecule has 2 N–H and O–H groups in total. The molecule has 0 aromatic heterocycles. The quantitative estimate of drug-likeness (QED) is 0.700. The maximum absolute atomic E-state index is 5.81. The van der Waals surface area contributed by atoms with Gasteiger partial charge in [0.05, 0.1) is 13.2 Å². The lowest BCUT2D eigenvalue weighted by atomic mass is 9.74. The fraction of sp³-hybridized carbons (Fsp3) is 1.00. The molecule has 0 radical (unpaired) electrons. The van der Waals surface area contributed by atoms with Gasteiger partial charge in [0, 0.05) is 11.5 Å². The predicted octanol–water partition coefficient (Wildman–Crippen LogP) is 1.79. The summed E-state index contributed by atoms with van der Waals surface area (Å²) >= 11 is 0. The van der Waals surface area contributed by atoms with Crippen molar-refractivity contribution in [3.8, 4) is 0 Å². The number of hydrogen-bond acceptors (Lipinski definition) is 2. The maximum atomic E-state index is 5.81. The van der Waals surface area contributed by atoms with Crippen LogP contribution in [-0.2, 0) is 4.74 Å². The molecular weight excluding hydrogens is 150 g/mol. The number of ether oxygens (including phenoxy) is 1. The summed E-state index contributed by atoms with van der Waals surface area (Å²) in [6.07, 6.45) is 2.37. The first-order valence-electron chi connectivity index (χ1n) is 4.87. The van der Waals surface area contributed by atoms with E-state index in [0.717, 1.165) is 25.6 Å². The summed E-state index contributed by atoms with van der Waals surface area (Å²) in [7, 11) is 0. The van der Waals surface area contributed by atoms with Gasteiger partial charge >= 0.3 is 0 Å². The van der Waals surface area contributed by atoms with Crippen LogP contribution in [0.15, 0.2) is 0 Å². The molecule has 0 saturated carbocycles. The minimum absolute atomic E-state index is 0.313. The number of hydrogen-bond donors (Lipinski definition) is 1. The molecule has 2 nitrogen and oxygen atoms in total. The second-order valence-electron chi connectivity index (χ2n) is 4.77. The van der Waals surface area contributed by atoms with Crippen molar-refractivity contribution in [3.05, 3.63) is 0 Å². The zero-order chi connectivity index (χ0) is 9.19. The average Bonchev–Trinajstić information content (AvgIpc) is 1.80. The molecule has 72 valence electrons. The highest BCUT2D eigenvalue weighted by Gasteiger charge is 2.39. The van der Waals surface area contributed by atoms with Crippen molar-refractivity contribution in [1.82, 2.24) is 0 Å². The molecule has 1 aliphatic rings. The molecule has 12 heavy (non-hydrogen) atoms. The second kappa shape index (κ2) is 3.75. The van der Waals surface area contributed by atoms with Gasteiger partial charge in [0.1, 0.15) is 0 Å². The van der Waals surface area contributed by atoms with Crippen LogP contribution in [0.2, 0.25) is 0 Å². The normalized spacial score (nSPS) is 23.8. The molecule has 0 aromatic rings. The highest BCUT2D eigenvalue weighted by Crippen LogP contribution is 2.38. The Morgan fingerprint density at radius 1 is 1.25 bits per heavy atom. The second-order valence-corrected chi connectivity index (χ2v) is 4.77. The van der Waals surface area contributed by atoms with Crippen molar-refractivity contribution in [2.45, 2.75) is 39.7 Å². The Labute approximate surface area is 75.5 Å². The molecule has 1 atom stereocenters. The molecule has 0 amide bonds. The highest BCUT2D eigenvalue weighted by molar-refractivity contribution is 4.88. The van der Waals surface area contributed by atoms with E-state index in [-0.39, 0.29) is 0 Å². The van der Waals surface area contributed by atoms with E-state index in [2.05, 4.69) is 20.8 Å². The zero-order valence-electron chi connectivity index (χ0n) is 8.47. The van der Waals surface area contributed by atoms with Gasteiger partial charge < -0.3 is 10.5 Å². The Kier molecular flexibility index (Phi) is 3.13. The smallest absolute Gasteiger partial charge is 0.0545 e. The van der Waals surface area contributed by atoms with E-state index in [4.69, 9.17) is 10.5 Å². The summed E-state index contributed by atoms with van der Waals surface area (Å²) in [6.45, 7) is 8.46. The molecule has 1 saturated heterocycles. The summed E-state index contributed by atoms with van der Waals surface area (Å²) in [4.78, 5) is 0. The van der Waals surface area contributed by atoms with Gasteiger partial charge in [-0.15, -0.1) is 0 Å². The molecule has 1 aliphatic heterocycles. The monoisotopic (exact) mass is 171 g/mol. The molecule has 2 heteroatoms. The van der Waals surface area contributed by atoms with Gasteiger partial charge in [0.15, 0.2) is 0 Å². The van der Waals surface area contributed by atoms with E-state index in [1.165, 1.54) is 6.42 Å². The van der Waals surface area contributed by atoms with Gasteiger partial charge in [-0.25, -0.2) is 0 Å². The molecule has 1 rings (SSSR count). The van der Waals surface area contributed by atoms with Crippen molar-refractivity contribution in [3.63, 3.8) is 0 Å². The van der Waals surface area contributed by atoms with Crippen LogP contribution in [0.5, 0.6) is 0 Å². The Morgan fingerprint density at radius 2 is 1.83 bits per heavy atom. The van der Waals surface area contributed by atoms with Crippen LogP contribution in [0, 0.1) is 11.3 Å². The molecule has 0 aromatic carbocycles. The minimum atomic E-state index is 0.313. The first kappa shape index (κ1) is 10.0. The Hall–Kier alpha value is -0.0800. The van der Waals surface area contributed by atoms with E-state index in [1.807, 2.05) is 0 Å². The van der Waals surface area contributed by atoms with Gasteiger partial charge in [-0.2, -0.15) is 0 Å². The van der Waals surface area contributed by atoms with Crippen LogP contribution >= 0.6 is 0 Å². The van der Waals surface area contributed by atoms with Crippen LogP contribution in [0.1, 0.15) is 33.6 Å². The largest absolute Gasteiger partial charge is 0.380 e. The minimum Gasteiger partial charge on any atom is -0.380 e. The molecular formula is C10H21NO. The predicted molar refractivity (Wildman–Crippen MR) is 51.0 cm³/mol. The summed E-state index contributed by atoms with van der Waals surface area (Å²) in [5.74, 6) is 0.757. The van der Waals surface area contributed by atoms with Gasteiger partial charge in [0.25, 0.3) is 0 Å². The van der Waals surface area contributed by atoms with Gasteiger partial charge in [-0.05, 0) is 25.7 Å². The third-order valence-electron chi connectivity index (χ3n) is 2.41. The first-order valence-corrected chi connectivity index (χ1v) is 4.87. The van der Waals surface area contributed by atoms with Crippen molar-refractivity contribution in [2.24, 2.45) is 17.1 Å². The van der Waals surface area contributed by atoms with Crippen molar-refractivity contribution in [1.29, 1.82) is 0 Å². The first-order chi connectivity index (χ1) is 5.54. The molecule has 1 fully saturated rings. The Bertz CT molecular complexity index is 127. The molecule has 0 spiro atoms. The van der Waals surface area contributed by atoms with Gasteiger partial charge in [-0.1, -0.05) is 13.8 Å². The number of rotatable bonds is 4. The third-order valence-corrected chi connectivity index (χ3v) is 2.41. The number of nitrogens with two attached hydrogens (primary N) is 1. The lowest BCUT2D eigenvalue weighted by Crippen LogP contribution is -2.46. The molecule has 0 aliphatic carbocycles. The van der Waals surface area contributed by atoms with Crippen molar-refractivity contribution in [2.75, 3.05) is 13.2 Å². The van der Waals surface area contributed by atoms with E-state index in [1.54, 1.807) is 0 Å². The molecule has 0 bridgehead atoms. The van der Waals surface area contributed by atoms with E-state index in [0.29, 0.717) is 11.5 Å². The highest BCUT2D eigenvalue weighted by atomic mass is 16.5. The van der Waals surface area contributed by atoms with Crippen molar-refractivity contribution < 1.29 is 4.74 Å². The summed E-state index contributed by atoms with van der Waals surface area (Å²) in [6, 6.07) is 0.313. The Balaban J connectivity index is 2.39. The summed E-state index contributed by atoms with van der Waals surface area (Å²) in [5, 5.41) is 0. The van der Waals surface area contributed by atoms with Crippen LogP contribution in [0.3, 0.4) is 0 Å². The topological polar surface area (TPSA) is 35.2 Å². The standard InChI is InChI=1S/C10H21NO/c1-8(2)4-10(5-9(3)11)6-12-7-10/h8-9H,4-7,11H2,1-3H3. The summed E-state index contributed by atoms with van der Waals surface area (Å²) < 4.78 is 5.28. The van der Waals surface area contributed by atoms with E-state index in [9.17, 15) is 0 Å². The van der Waals surface area contributed by atoms with Crippen LogP contribution in [0.4, 0.5) is 0 Å². The zero-order valence-corrected chi connectivity index (χ0v) is 8.47. The van der Waals surface area contributed by atoms with E-state index >= 15 is 0 Å². The van der Waals surface area contributed by atoms with E-state index < -0.39 is 0 Å². The molecule has 1 unspecified atom stereocenters. The SMILES string of the molecule is CC(C)CC1(CC(C)N)COC1. The summed E-state index contributed by atoms with van der Waals surface area (Å²) in [5.41, 5.74) is 6.23. The fourth-order valence-electron chi connectivity index (χ4n) is 2.26. The Morgan fingerprint density at radius 3 is 2.08 bits per heavy atom. The fourth-order valence-corrected chi connectivity index (χ4v) is 2.26. The van der Waals surface area contributed by atoms with Crippen LogP contribution in [0.25, 0.3) is 0 Å². The average molecular weight is 171 g/mol. The van der Waals surface area contributed by atoms with Crippen molar-refractivity contribution >= 4 is 0 Å². The van der Waals surface area contributed by atoms with Crippen LogP contribution < -0.4 is 5.73 Å². The lowest BCUT2D eigenvalue weighted by molar-refractivity contribution is -0.129. The van der Waals surface area contributed by atoms with Gasteiger partial charge in [-0.3, -0.25) is 0 Å².